The minimum atomic E-state index is 0.545. The smallest absolute Gasteiger partial charge is 0.00957 e. The Morgan fingerprint density at radius 1 is 1.22 bits per heavy atom. The average Bonchev–Trinajstić information content (AvgIpc) is 2.37. The zero-order chi connectivity index (χ0) is 6.43. The molecule has 2 saturated carbocycles. The first kappa shape index (κ1) is 5.72. The van der Waals surface area contributed by atoms with Crippen LogP contribution in [0.25, 0.3) is 0 Å². The summed E-state index contributed by atoms with van der Waals surface area (Å²) in [5, 5.41) is 0. The zero-order valence-corrected chi connectivity index (χ0v) is 6.01. The second-order valence-corrected chi connectivity index (χ2v) is 3.77. The molecule has 0 saturated heterocycles. The van der Waals surface area contributed by atoms with Gasteiger partial charge in [-0.2, -0.15) is 0 Å². The van der Waals surface area contributed by atoms with E-state index in [1.165, 1.54) is 19.3 Å². The number of rotatable bonds is 0. The second-order valence-electron chi connectivity index (χ2n) is 3.77. The molecular weight excluding hydrogens is 110 g/mol. The van der Waals surface area contributed by atoms with Crippen LogP contribution in [0.1, 0.15) is 26.2 Å². The maximum Gasteiger partial charge on any atom is 0.00957 e. The third kappa shape index (κ3) is 0.644. The van der Waals surface area contributed by atoms with Gasteiger partial charge in [-0.3, -0.25) is 0 Å². The van der Waals surface area contributed by atoms with Gasteiger partial charge in [0.25, 0.3) is 0 Å². The molecule has 2 aliphatic rings. The van der Waals surface area contributed by atoms with Crippen LogP contribution in [-0.2, 0) is 0 Å². The minimum Gasteiger partial charge on any atom is -0.327 e. The molecule has 0 aromatic carbocycles. The monoisotopic (exact) mass is 125 g/mol. The highest BCUT2D eigenvalue weighted by atomic mass is 14.7. The van der Waals surface area contributed by atoms with Crippen LogP contribution in [0.5, 0.6) is 0 Å². The predicted molar refractivity (Wildman–Crippen MR) is 38.0 cm³/mol. The van der Waals surface area contributed by atoms with E-state index in [0.29, 0.717) is 6.04 Å². The number of hydrogen-bond acceptors (Lipinski definition) is 1. The summed E-state index contributed by atoms with van der Waals surface area (Å²) in [4.78, 5) is 0. The molecular formula is C8H15N. The van der Waals surface area contributed by atoms with Gasteiger partial charge in [0.05, 0.1) is 0 Å². The summed E-state index contributed by atoms with van der Waals surface area (Å²) in [6.07, 6.45) is 4.30. The number of nitrogens with two attached hydrogens (primary N) is 1. The fraction of sp³-hybridized carbons (Fsp3) is 1.00. The summed E-state index contributed by atoms with van der Waals surface area (Å²) in [6.45, 7) is 2.31. The lowest BCUT2D eigenvalue weighted by Gasteiger charge is -2.23. The molecule has 4 atom stereocenters. The van der Waals surface area contributed by atoms with Crippen LogP contribution in [0.2, 0.25) is 0 Å². The Balaban J connectivity index is 2.15. The van der Waals surface area contributed by atoms with Crippen LogP contribution in [-0.4, -0.2) is 6.04 Å². The second kappa shape index (κ2) is 1.72. The molecule has 2 rings (SSSR count). The van der Waals surface area contributed by atoms with Crippen molar-refractivity contribution in [2.45, 2.75) is 32.2 Å². The fourth-order valence-corrected chi connectivity index (χ4v) is 2.62. The highest BCUT2D eigenvalue weighted by Gasteiger charge is 2.42. The van der Waals surface area contributed by atoms with Gasteiger partial charge in [-0.25, -0.2) is 0 Å². The summed E-state index contributed by atoms with van der Waals surface area (Å²) >= 11 is 0. The van der Waals surface area contributed by atoms with E-state index in [9.17, 15) is 0 Å². The molecule has 1 heteroatoms. The van der Waals surface area contributed by atoms with Crippen molar-refractivity contribution in [3.05, 3.63) is 0 Å². The minimum absolute atomic E-state index is 0.545. The molecule has 9 heavy (non-hydrogen) atoms. The van der Waals surface area contributed by atoms with Crippen molar-refractivity contribution in [1.29, 1.82) is 0 Å². The lowest BCUT2D eigenvalue weighted by atomic mass is 9.87. The van der Waals surface area contributed by atoms with Crippen LogP contribution in [0.3, 0.4) is 0 Å². The maximum absolute atomic E-state index is 5.96. The van der Waals surface area contributed by atoms with Crippen LogP contribution in [0, 0.1) is 17.8 Å². The summed E-state index contributed by atoms with van der Waals surface area (Å²) in [7, 11) is 0. The van der Waals surface area contributed by atoms with E-state index in [4.69, 9.17) is 5.73 Å². The van der Waals surface area contributed by atoms with Gasteiger partial charge in [0, 0.05) is 6.04 Å². The highest BCUT2D eigenvalue weighted by molar-refractivity contribution is 4.96. The molecule has 0 aliphatic heterocycles. The van der Waals surface area contributed by atoms with E-state index in [0.717, 1.165) is 17.8 Å². The van der Waals surface area contributed by atoms with Crippen molar-refractivity contribution in [2.75, 3.05) is 0 Å². The summed E-state index contributed by atoms with van der Waals surface area (Å²) in [5.74, 6) is 2.71. The van der Waals surface area contributed by atoms with E-state index >= 15 is 0 Å². The normalized spacial score (nSPS) is 56.7. The molecule has 2 N–H and O–H groups in total. The highest BCUT2D eigenvalue weighted by Crippen LogP contribution is 2.47. The Morgan fingerprint density at radius 2 is 1.89 bits per heavy atom. The molecule has 0 aromatic rings. The molecule has 0 radical (unpaired) electrons. The Kier molecular flexibility index (Phi) is 1.10. The number of fused-ring (bicyclic) bond motifs is 2. The molecule has 1 nitrogen and oxygen atoms in total. The maximum atomic E-state index is 5.96. The van der Waals surface area contributed by atoms with Gasteiger partial charge >= 0.3 is 0 Å². The van der Waals surface area contributed by atoms with Crippen molar-refractivity contribution >= 4 is 0 Å². The van der Waals surface area contributed by atoms with Gasteiger partial charge < -0.3 is 5.73 Å². The van der Waals surface area contributed by atoms with Gasteiger partial charge in [-0.15, -0.1) is 0 Å². The quantitative estimate of drug-likeness (QED) is 0.520. The van der Waals surface area contributed by atoms with Gasteiger partial charge in [-0.1, -0.05) is 6.92 Å². The standard InChI is InChI=1S/C8H15N/c1-5-6-2-3-7(4-6)8(5)9/h5-8H,2-4,9H2,1H3/t5-,6+,7+,8-/m1/s1. The number of hydrogen-bond donors (Lipinski definition) is 1. The van der Waals surface area contributed by atoms with E-state index in [2.05, 4.69) is 6.92 Å². The van der Waals surface area contributed by atoms with Crippen LogP contribution in [0.15, 0.2) is 0 Å². The molecule has 0 spiro atoms. The zero-order valence-electron chi connectivity index (χ0n) is 6.01. The first-order valence-electron chi connectivity index (χ1n) is 4.04. The fourth-order valence-electron chi connectivity index (χ4n) is 2.62. The topological polar surface area (TPSA) is 26.0 Å². The summed E-state index contributed by atoms with van der Waals surface area (Å²) in [5.41, 5.74) is 5.96. The third-order valence-electron chi connectivity index (χ3n) is 3.41. The molecule has 0 heterocycles. The van der Waals surface area contributed by atoms with E-state index in [1.807, 2.05) is 0 Å². The lowest BCUT2D eigenvalue weighted by molar-refractivity contribution is 0.312. The molecule has 0 amide bonds. The van der Waals surface area contributed by atoms with Crippen molar-refractivity contribution in [2.24, 2.45) is 23.5 Å². The van der Waals surface area contributed by atoms with Gasteiger partial charge in [0.15, 0.2) is 0 Å². The summed E-state index contributed by atoms with van der Waals surface area (Å²) in [6, 6.07) is 0.545. The Morgan fingerprint density at radius 3 is 2.22 bits per heavy atom. The molecule has 2 aliphatic carbocycles. The Bertz CT molecular complexity index is 104. The van der Waals surface area contributed by atoms with Crippen molar-refractivity contribution in [3.63, 3.8) is 0 Å². The van der Waals surface area contributed by atoms with Gasteiger partial charge in [0.2, 0.25) is 0 Å². The molecule has 52 valence electrons. The molecule has 0 aromatic heterocycles. The average molecular weight is 125 g/mol. The molecule has 2 fully saturated rings. The lowest BCUT2D eigenvalue weighted by Crippen LogP contribution is -2.33. The van der Waals surface area contributed by atoms with Crippen LogP contribution < -0.4 is 5.73 Å². The van der Waals surface area contributed by atoms with Crippen molar-refractivity contribution in [1.82, 2.24) is 0 Å². The first-order chi connectivity index (χ1) is 4.29. The van der Waals surface area contributed by atoms with E-state index in [1.54, 1.807) is 0 Å². The first-order valence-corrected chi connectivity index (χ1v) is 4.04. The summed E-state index contributed by atoms with van der Waals surface area (Å²) < 4.78 is 0. The van der Waals surface area contributed by atoms with Gasteiger partial charge in [0.1, 0.15) is 0 Å². The van der Waals surface area contributed by atoms with E-state index < -0.39 is 0 Å². The van der Waals surface area contributed by atoms with Crippen LogP contribution >= 0.6 is 0 Å². The largest absolute Gasteiger partial charge is 0.327 e. The Labute approximate surface area is 56.6 Å². The molecule has 2 bridgehead atoms. The predicted octanol–water partition coefficient (Wildman–Crippen LogP) is 1.38. The SMILES string of the molecule is C[C@@H]1[C@H]2CC[C@@H](C2)[C@@H]1N. The van der Waals surface area contributed by atoms with Crippen molar-refractivity contribution < 1.29 is 0 Å². The Hall–Kier alpha value is -0.0400. The van der Waals surface area contributed by atoms with E-state index in [-0.39, 0.29) is 0 Å². The van der Waals surface area contributed by atoms with Crippen molar-refractivity contribution in [3.8, 4) is 0 Å². The van der Waals surface area contributed by atoms with Gasteiger partial charge in [-0.05, 0) is 37.0 Å². The molecule has 0 unspecified atom stereocenters. The van der Waals surface area contributed by atoms with Crippen LogP contribution in [0.4, 0.5) is 0 Å². The third-order valence-corrected chi connectivity index (χ3v) is 3.41.